The van der Waals surface area contributed by atoms with Crippen LogP contribution in [0.4, 0.5) is 31.1 Å². The molecule has 20 heteroatoms. The molecule has 3 aliphatic carbocycles. The average Bonchev–Trinajstić information content (AvgIpc) is 3.79. The highest BCUT2D eigenvalue weighted by Crippen LogP contribution is 2.62. The number of alkyl carbamates (subject to hydrolysis) is 1. The molecule has 56 heavy (non-hydrogen) atoms. The molecule has 2 amide bonds. The van der Waals surface area contributed by atoms with E-state index in [1.165, 1.54) is 30.3 Å². The van der Waals surface area contributed by atoms with Gasteiger partial charge in [0, 0.05) is 11.1 Å². The third-order valence-corrected chi connectivity index (χ3v) is 10.9. The highest BCUT2D eigenvalue weighted by molar-refractivity contribution is 6.33. The number of carbonyl (C=O) groups excluding carboxylic acids is 2. The largest absolute Gasteiger partial charge is 0.447 e. The average molecular weight is 807 g/mol. The molecule has 0 radical (unpaired) electrons. The molecular formula is C36H37ClF6N10O3. The third kappa shape index (κ3) is 6.93. The number of alkyl halides is 5. The van der Waals surface area contributed by atoms with Crippen molar-refractivity contribution in [2.45, 2.75) is 89.3 Å². The number of halogens is 7. The monoisotopic (exact) mass is 806 g/mol. The Hall–Kier alpha value is -5.20. The number of hydrogen-bond acceptors (Lipinski definition) is 8. The predicted octanol–water partition coefficient (Wildman–Crippen LogP) is 7.32. The summed E-state index contributed by atoms with van der Waals surface area (Å²) in [6.07, 6.45) is -0.688. The number of guanidine groups is 1. The van der Waals surface area contributed by atoms with Gasteiger partial charge >= 0.3 is 18.8 Å². The first-order chi connectivity index (χ1) is 26.2. The predicted molar refractivity (Wildman–Crippen MR) is 189 cm³/mol. The molecule has 13 nitrogen and oxygen atoms in total. The summed E-state index contributed by atoms with van der Waals surface area (Å²) in [6, 6.07) is 4.39. The molecule has 2 aromatic carbocycles. The molecule has 298 valence electrons. The molecule has 3 heterocycles. The minimum Gasteiger partial charge on any atom is -0.447 e. The van der Waals surface area contributed by atoms with Gasteiger partial charge in [0.05, 0.1) is 22.8 Å². The molecule has 4 aromatic rings. The van der Waals surface area contributed by atoms with Gasteiger partial charge in [-0.05, 0) is 79.3 Å². The van der Waals surface area contributed by atoms with Crippen LogP contribution in [0.25, 0.3) is 22.6 Å². The van der Waals surface area contributed by atoms with Gasteiger partial charge in [0.15, 0.2) is 11.8 Å². The first-order valence-electron chi connectivity index (χ1n) is 17.6. The van der Waals surface area contributed by atoms with E-state index >= 15 is 4.39 Å². The summed E-state index contributed by atoms with van der Waals surface area (Å²) in [4.78, 5) is 32.4. The topological polar surface area (TPSA) is 156 Å². The van der Waals surface area contributed by atoms with Crippen LogP contribution in [0.2, 0.25) is 5.02 Å². The maximum Gasteiger partial charge on any atom is 0.408 e. The Bertz CT molecular complexity index is 2190. The van der Waals surface area contributed by atoms with E-state index in [9.17, 15) is 31.5 Å². The van der Waals surface area contributed by atoms with Crippen molar-refractivity contribution in [3.05, 3.63) is 70.9 Å². The molecule has 0 unspecified atom stereocenters. The van der Waals surface area contributed by atoms with Crippen LogP contribution < -0.4 is 10.6 Å². The quantitative estimate of drug-likeness (QED) is 0.133. The maximum atomic E-state index is 16.1. The van der Waals surface area contributed by atoms with Gasteiger partial charge in [0.2, 0.25) is 0 Å². The molecule has 2 bridgehead atoms. The zero-order valence-corrected chi connectivity index (χ0v) is 31.2. The number of rotatable bonds is 11. The van der Waals surface area contributed by atoms with Gasteiger partial charge in [-0.3, -0.25) is 15.1 Å². The first kappa shape index (κ1) is 39.1. The minimum atomic E-state index is -4.80. The van der Waals surface area contributed by atoms with Gasteiger partial charge in [-0.1, -0.05) is 49.7 Å². The zero-order chi connectivity index (χ0) is 40.5. The fourth-order valence-electron chi connectivity index (χ4n) is 7.74. The SMILES string of the molecule is C[C@H](NC(=O)OC[C@H](c1ccc(Cl)c(-c2ncnn2C(F)F)c1)N1C(=N)N[C@](CC(C)(C)C)(c2ccc(-c3cn(C45CC(C4)C5)nn3)c(F)c2)C1=O)C(F)(F)F. The second-order valence-corrected chi connectivity index (χ2v) is 16.2. The Morgan fingerprint density at radius 1 is 1.12 bits per heavy atom. The summed E-state index contributed by atoms with van der Waals surface area (Å²) < 4.78 is 90.9. The van der Waals surface area contributed by atoms with Crippen molar-refractivity contribution >= 4 is 29.6 Å². The zero-order valence-electron chi connectivity index (χ0n) is 30.5. The van der Waals surface area contributed by atoms with Crippen LogP contribution in [0.1, 0.15) is 77.1 Å². The van der Waals surface area contributed by atoms with Gasteiger partial charge < -0.3 is 15.4 Å². The second-order valence-electron chi connectivity index (χ2n) is 15.8. The summed E-state index contributed by atoms with van der Waals surface area (Å²) in [5.74, 6) is -1.69. The Morgan fingerprint density at radius 3 is 2.45 bits per heavy atom. The maximum absolute atomic E-state index is 16.1. The third-order valence-electron chi connectivity index (χ3n) is 10.6. The van der Waals surface area contributed by atoms with E-state index in [-0.39, 0.29) is 45.1 Å². The van der Waals surface area contributed by atoms with Gasteiger partial charge in [-0.15, -0.1) is 5.10 Å². The number of nitrogens with one attached hydrogen (secondary N) is 3. The number of hydrogen-bond donors (Lipinski definition) is 3. The van der Waals surface area contributed by atoms with Crippen LogP contribution in [0.3, 0.4) is 0 Å². The van der Waals surface area contributed by atoms with Crippen molar-refractivity contribution in [1.82, 2.24) is 45.3 Å². The lowest BCUT2D eigenvalue weighted by Gasteiger charge is -2.61. The highest BCUT2D eigenvalue weighted by atomic mass is 35.5. The number of aromatic nitrogens is 6. The number of carbonyl (C=O) groups is 2. The van der Waals surface area contributed by atoms with E-state index in [1.54, 1.807) is 22.3 Å². The van der Waals surface area contributed by atoms with E-state index in [4.69, 9.17) is 21.7 Å². The second kappa shape index (κ2) is 13.8. The van der Waals surface area contributed by atoms with Crippen molar-refractivity contribution in [2.24, 2.45) is 11.3 Å². The van der Waals surface area contributed by atoms with E-state index in [0.29, 0.717) is 23.2 Å². The van der Waals surface area contributed by atoms with E-state index in [2.05, 4.69) is 25.7 Å². The Labute approximate surface area is 321 Å². The van der Waals surface area contributed by atoms with Gasteiger partial charge in [0.25, 0.3) is 5.91 Å². The number of ether oxygens (including phenoxy) is 1. The molecule has 1 aliphatic heterocycles. The van der Waals surface area contributed by atoms with Gasteiger partial charge in [0.1, 0.15) is 36.0 Å². The lowest BCUT2D eigenvalue weighted by molar-refractivity contribution is -0.150. The Kier molecular flexibility index (Phi) is 9.60. The van der Waals surface area contributed by atoms with Crippen LogP contribution in [0.5, 0.6) is 0 Å². The molecule has 4 aliphatic rings. The Balaban J connectivity index is 1.26. The fraction of sp³-hybridized carbons (Fsp3) is 0.472. The molecule has 0 spiro atoms. The van der Waals surface area contributed by atoms with Crippen molar-refractivity contribution in [2.75, 3.05) is 6.61 Å². The molecule has 1 saturated heterocycles. The number of amides is 2. The van der Waals surface area contributed by atoms with Crippen molar-refractivity contribution in [1.29, 1.82) is 5.41 Å². The molecule has 2 aromatic heterocycles. The Morgan fingerprint density at radius 2 is 1.84 bits per heavy atom. The van der Waals surface area contributed by atoms with Crippen molar-refractivity contribution in [3.8, 4) is 22.6 Å². The highest BCUT2D eigenvalue weighted by Gasteiger charge is 2.59. The lowest BCUT2D eigenvalue weighted by atomic mass is 9.50. The summed E-state index contributed by atoms with van der Waals surface area (Å²) in [5.41, 5.74) is -1.89. The normalized spacial score (nSPS) is 23.1. The molecule has 3 saturated carbocycles. The summed E-state index contributed by atoms with van der Waals surface area (Å²) >= 11 is 6.41. The lowest BCUT2D eigenvalue weighted by Crippen LogP contribution is -2.59. The van der Waals surface area contributed by atoms with Crippen LogP contribution in [0, 0.1) is 22.6 Å². The van der Waals surface area contributed by atoms with Crippen molar-refractivity contribution < 1.29 is 40.7 Å². The van der Waals surface area contributed by atoms with Crippen LogP contribution in [0.15, 0.2) is 48.9 Å². The van der Waals surface area contributed by atoms with Gasteiger partial charge in [-0.25, -0.2) is 18.9 Å². The smallest absolute Gasteiger partial charge is 0.408 e. The van der Waals surface area contributed by atoms with Crippen LogP contribution in [-0.2, 0) is 20.6 Å². The van der Waals surface area contributed by atoms with Crippen LogP contribution >= 0.6 is 11.6 Å². The number of nitrogens with zero attached hydrogens (tertiary/aromatic N) is 7. The van der Waals surface area contributed by atoms with E-state index in [0.717, 1.165) is 30.5 Å². The molecule has 8 rings (SSSR count). The summed E-state index contributed by atoms with van der Waals surface area (Å²) in [7, 11) is 0. The minimum absolute atomic E-state index is 0.0108. The molecule has 4 fully saturated rings. The summed E-state index contributed by atoms with van der Waals surface area (Å²) in [5, 5.41) is 25.6. The molecular weight excluding hydrogens is 770 g/mol. The fourth-order valence-corrected chi connectivity index (χ4v) is 7.94. The standard InChI is InChI=1S/C36H37ClF6N10O3/c1-18(36(41,42)43)47-32(55)56-15-27(20-5-8-24(37)23(9-20)28-45-17-46-53(28)30(39)40)52-29(54)35(48-31(52)44,16-33(2,3)4)21-6-7-22(25(38)10-21)26-14-51(50-49-26)34-11-19(12-34)13-34/h5-10,14,17-19,27,30H,11-13,15-16H2,1-4H3,(H2,44,48)(H,47,55)/t18-,19?,27+,34?,35+/m0/s1. The first-order valence-corrected chi connectivity index (χ1v) is 18.0. The van der Waals surface area contributed by atoms with Gasteiger partial charge in [-0.2, -0.15) is 31.7 Å². The molecule has 3 N–H and O–H groups in total. The van der Waals surface area contributed by atoms with Crippen molar-refractivity contribution in [3.63, 3.8) is 0 Å². The van der Waals surface area contributed by atoms with E-state index < -0.39 is 66.1 Å². The van der Waals surface area contributed by atoms with Crippen LogP contribution in [-0.4, -0.2) is 71.4 Å². The van der Waals surface area contributed by atoms with E-state index in [1.807, 2.05) is 20.8 Å². The number of benzene rings is 2. The summed E-state index contributed by atoms with van der Waals surface area (Å²) in [6.45, 7) is 2.28. The molecule has 3 atom stereocenters.